The Morgan fingerprint density at radius 2 is 1.44 bits per heavy atom. The molecule has 1 aromatic carbocycles. The number of carboxylic acid groups (broad SMARTS) is 3. The lowest BCUT2D eigenvalue weighted by Crippen LogP contribution is -2.39. The zero-order chi connectivity index (χ0) is 24.8. The highest BCUT2D eigenvalue weighted by molar-refractivity contribution is 5.74. The van der Waals surface area contributed by atoms with Gasteiger partial charge in [0.1, 0.15) is 23.9 Å². The lowest BCUT2D eigenvalue weighted by Gasteiger charge is -2.06. The number of carbonyl (C=O) groups is 3. The molecular weight excluding hydrogens is 426 g/mol. The number of aromatic amines is 1. The van der Waals surface area contributed by atoms with E-state index in [1.807, 2.05) is 0 Å². The summed E-state index contributed by atoms with van der Waals surface area (Å²) in [5.41, 5.74) is 17.0. The number of benzene rings is 1. The van der Waals surface area contributed by atoms with E-state index in [-0.39, 0.29) is 18.6 Å². The van der Waals surface area contributed by atoms with Crippen LogP contribution in [0.4, 0.5) is 0 Å². The van der Waals surface area contributed by atoms with Crippen LogP contribution in [0.2, 0.25) is 0 Å². The molecule has 0 aliphatic heterocycles. The van der Waals surface area contributed by atoms with Gasteiger partial charge in [-0.2, -0.15) is 0 Å². The summed E-state index contributed by atoms with van der Waals surface area (Å²) < 4.78 is 0. The maximum absolute atomic E-state index is 10.4. The third-order valence-electron chi connectivity index (χ3n) is 3.82. The monoisotopic (exact) mass is 455 g/mol. The quantitative estimate of drug-likeness (QED) is 0.220. The first-order chi connectivity index (χ1) is 14.8. The predicted molar refractivity (Wildman–Crippen MR) is 113 cm³/mol. The molecule has 1 heterocycles. The third-order valence-corrected chi connectivity index (χ3v) is 3.82. The molecule has 4 atom stereocenters. The van der Waals surface area contributed by atoms with Gasteiger partial charge >= 0.3 is 17.9 Å². The van der Waals surface area contributed by atoms with E-state index in [1.54, 1.807) is 18.3 Å². The standard InChI is InChI=1S/C9H11NO3.C6H9N3O2.C4H9NO3/c10-8(9(12)13)5-6-1-3-7(11)4-2-6;7-5(6(10)11)1-4-2-8-3-9-4;1-2(6)3(5)4(7)8/h1-4,8,11H,5,10H2,(H,12,13);2-3,5H,1,7H2,(H,8,9)(H,10,11);2-3,6H,5H2,1H3,(H,7,8). The third kappa shape index (κ3) is 12.2. The first-order valence-electron chi connectivity index (χ1n) is 9.23. The van der Waals surface area contributed by atoms with Gasteiger partial charge in [-0.15, -0.1) is 0 Å². The van der Waals surface area contributed by atoms with Crippen molar-refractivity contribution in [3.8, 4) is 5.75 Å². The van der Waals surface area contributed by atoms with Crippen molar-refractivity contribution in [2.24, 2.45) is 17.2 Å². The number of aliphatic carboxylic acids is 3. The molecule has 0 saturated heterocycles. The van der Waals surface area contributed by atoms with Crippen LogP contribution in [0.5, 0.6) is 5.75 Å². The number of phenolic OH excluding ortho intramolecular Hbond substituents is 1. The number of imidazole rings is 1. The number of nitrogens with one attached hydrogen (secondary N) is 1. The van der Waals surface area contributed by atoms with Crippen LogP contribution in [0.3, 0.4) is 0 Å². The van der Waals surface area contributed by atoms with Crippen molar-refractivity contribution in [3.05, 3.63) is 48.0 Å². The minimum atomic E-state index is -1.18. The molecule has 0 radical (unpaired) electrons. The van der Waals surface area contributed by atoms with E-state index < -0.39 is 42.1 Å². The molecule has 32 heavy (non-hydrogen) atoms. The number of nitrogens with zero attached hydrogens (tertiary/aromatic N) is 1. The Kier molecular flexibility index (Phi) is 12.9. The maximum Gasteiger partial charge on any atom is 0.323 e. The maximum atomic E-state index is 10.4. The summed E-state index contributed by atoms with van der Waals surface area (Å²) in [6, 6.07) is 3.40. The van der Waals surface area contributed by atoms with Gasteiger partial charge < -0.3 is 47.7 Å². The van der Waals surface area contributed by atoms with E-state index in [0.29, 0.717) is 5.69 Å². The summed E-state index contributed by atoms with van der Waals surface area (Å²) in [7, 11) is 0. The van der Waals surface area contributed by atoms with Gasteiger partial charge in [-0.3, -0.25) is 14.4 Å². The number of aliphatic hydroxyl groups is 1. The molecule has 13 nitrogen and oxygen atoms in total. The van der Waals surface area contributed by atoms with Crippen molar-refractivity contribution in [2.45, 2.75) is 44.0 Å². The fraction of sp³-hybridized carbons (Fsp3) is 0.368. The molecule has 0 aliphatic carbocycles. The molecule has 0 saturated carbocycles. The van der Waals surface area contributed by atoms with Crippen molar-refractivity contribution in [3.63, 3.8) is 0 Å². The number of aromatic nitrogens is 2. The second-order valence-electron chi connectivity index (χ2n) is 6.63. The molecule has 13 heteroatoms. The minimum absolute atomic E-state index is 0.160. The van der Waals surface area contributed by atoms with Gasteiger partial charge in [0.15, 0.2) is 0 Å². The molecule has 2 aromatic rings. The molecule has 0 bridgehead atoms. The number of hydrogen-bond donors (Lipinski definition) is 9. The van der Waals surface area contributed by atoms with Crippen LogP contribution in [-0.2, 0) is 27.2 Å². The summed E-state index contributed by atoms with van der Waals surface area (Å²) >= 11 is 0. The lowest BCUT2D eigenvalue weighted by atomic mass is 10.1. The molecule has 0 fully saturated rings. The van der Waals surface area contributed by atoms with E-state index in [4.69, 9.17) is 42.7 Å². The van der Waals surface area contributed by atoms with E-state index >= 15 is 0 Å². The number of H-pyrrole nitrogens is 1. The Balaban J connectivity index is 0.000000465. The van der Waals surface area contributed by atoms with Crippen LogP contribution in [0, 0.1) is 0 Å². The van der Waals surface area contributed by atoms with Gasteiger partial charge in [0, 0.05) is 12.6 Å². The zero-order valence-electron chi connectivity index (χ0n) is 17.3. The van der Waals surface area contributed by atoms with Crippen molar-refractivity contribution in [1.82, 2.24) is 9.97 Å². The molecule has 1 aromatic heterocycles. The molecule has 2 rings (SSSR count). The van der Waals surface area contributed by atoms with Crippen LogP contribution in [-0.4, -0.2) is 77.6 Å². The topological polar surface area (TPSA) is 259 Å². The van der Waals surface area contributed by atoms with Crippen LogP contribution in [0.25, 0.3) is 0 Å². The number of carboxylic acids is 3. The summed E-state index contributed by atoms with van der Waals surface area (Å²) in [6.45, 7) is 1.33. The summed E-state index contributed by atoms with van der Waals surface area (Å²) in [4.78, 5) is 37.1. The molecular formula is C19H29N5O8. The Bertz CT molecular complexity index is 827. The van der Waals surface area contributed by atoms with Crippen molar-refractivity contribution in [1.29, 1.82) is 0 Å². The average Bonchev–Trinajstić information content (AvgIpc) is 3.22. The van der Waals surface area contributed by atoms with Gasteiger partial charge in [0.05, 0.1) is 18.1 Å². The highest BCUT2D eigenvalue weighted by Crippen LogP contribution is 2.10. The van der Waals surface area contributed by atoms with Gasteiger partial charge in [-0.1, -0.05) is 12.1 Å². The van der Waals surface area contributed by atoms with Gasteiger partial charge in [-0.25, -0.2) is 4.98 Å². The van der Waals surface area contributed by atoms with E-state index in [1.165, 1.54) is 25.4 Å². The molecule has 0 spiro atoms. The number of phenols is 1. The normalized spacial score (nSPS) is 13.8. The molecule has 12 N–H and O–H groups in total. The SMILES string of the molecule is CC(O)C(N)C(=O)O.NC(Cc1c[nH]cn1)C(=O)O.NC(Cc1ccc(O)cc1)C(=O)O. The number of aliphatic hydroxyl groups excluding tert-OH is 1. The summed E-state index contributed by atoms with van der Waals surface area (Å²) in [5, 5.41) is 42.4. The van der Waals surface area contributed by atoms with Gasteiger partial charge in [0.2, 0.25) is 0 Å². The van der Waals surface area contributed by atoms with Crippen LogP contribution in [0.15, 0.2) is 36.8 Å². The minimum Gasteiger partial charge on any atom is -0.508 e. The number of hydrogen-bond acceptors (Lipinski definition) is 9. The van der Waals surface area contributed by atoms with Crippen LogP contribution in [0.1, 0.15) is 18.2 Å². The Morgan fingerprint density at radius 1 is 0.938 bits per heavy atom. The molecule has 0 amide bonds. The van der Waals surface area contributed by atoms with Crippen molar-refractivity contribution >= 4 is 17.9 Å². The largest absolute Gasteiger partial charge is 0.508 e. The summed E-state index contributed by atoms with van der Waals surface area (Å²) in [5.74, 6) is -3.05. The average molecular weight is 455 g/mol. The predicted octanol–water partition coefficient (Wildman–Crippen LogP) is -1.51. The Hall–Kier alpha value is -3.52. The Morgan fingerprint density at radius 3 is 1.78 bits per heavy atom. The fourth-order valence-corrected chi connectivity index (χ4v) is 1.89. The zero-order valence-corrected chi connectivity index (χ0v) is 17.3. The van der Waals surface area contributed by atoms with E-state index in [2.05, 4.69) is 9.97 Å². The van der Waals surface area contributed by atoms with Crippen LogP contribution < -0.4 is 17.2 Å². The Labute approximate surface area is 183 Å². The number of nitrogens with two attached hydrogens (primary N) is 3. The smallest absolute Gasteiger partial charge is 0.323 e. The summed E-state index contributed by atoms with van der Waals surface area (Å²) in [6.07, 6.45) is 2.67. The highest BCUT2D eigenvalue weighted by Gasteiger charge is 2.16. The highest BCUT2D eigenvalue weighted by atomic mass is 16.4. The van der Waals surface area contributed by atoms with Crippen molar-refractivity contribution < 1.29 is 39.9 Å². The molecule has 4 unspecified atom stereocenters. The number of rotatable bonds is 8. The molecule has 178 valence electrons. The second-order valence-corrected chi connectivity index (χ2v) is 6.63. The first kappa shape index (κ1) is 28.5. The second kappa shape index (κ2) is 14.5. The van der Waals surface area contributed by atoms with Crippen LogP contribution >= 0.6 is 0 Å². The fourth-order valence-electron chi connectivity index (χ4n) is 1.89. The van der Waals surface area contributed by atoms with E-state index in [0.717, 1.165) is 5.56 Å². The number of aromatic hydroxyl groups is 1. The molecule has 0 aliphatic rings. The van der Waals surface area contributed by atoms with Gasteiger partial charge in [0.25, 0.3) is 0 Å². The van der Waals surface area contributed by atoms with Crippen molar-refractivity contribution in [2.75, 3.05) is 0 Å². The van der Waals surface area contributed by atoms with Gasteiger partial charge in [-0.05, 0) is 31.0 Å². The lowest BCUT2D eigenvalue weighted by molar-refractivity contribution is -0.141. The van der Waals surface area contributed by atoms with E-state index in [9.17, 15) is 14.4 Å². The first-order valence-corrected chi connectivity index (χ1v) is 9.23.